The topological polar surface area (TPSA) is 76.6 Å². The van der Waals surface area contributed by atoms with Gasteiger partial charge in [-0.15, -0.1) is 10.2 Å². The predicted molar refractivity (Wildman–Crippen MR) is 101 cm³/mol. The van der Waals surface area contributed by atoms with Gasteiger partial charge in [0.2, 0.25) is 0 Å². The standard InChI is InChI=1S/C20H23FN4O3/c21-16-3-1-15(2-4-16)7-10-22-19(26)17-5-6-18(24-23-17)25-11-8-20(9-12-25)27-13-14-28-20/h1-6H,7-14H2,(H,22,26). The molecule has 0 unspecified atom stereocenters. The van der Waals surface area contributed by atoms with Crippen molar-refractivity contribution in [2.75, 3.05) is 37.7 Å². The minimum Gasteiger partial charge on any atom is -0.355 e. The summed E-state index contributed by atoms with van der Waals surface area (Å²) in [4.78, 5) is 14.4. The highest BCUT2D eigenvalue weighted by Gasteiger charge is 2.40. The van der Waals surface area contributed by atoms with Gasteiger partial charge in [0.05, 0.1) is 13.2 Å². The van der Waals surface area contributed by atoms with E-state index in [0.29, 0.717) is 26.2 Å². The highest BCUT2D eigenvalue weighted by Crippen LogP contribution is 2.32. The summed E-state index contributed by atoms with van der Waals surface area (Å²) in [5, 5.41) is 11.1. The number of hydrogen-bond donors (Lipinski definition) is 1. The van der Waals surface area contributed by atoms with Crippen molar-refractivity contribution in [1.29, 1.82) is 0 Å². The van der Waals surface area contributed by atoms with Crippen LogP contribution in [0.1, 0.15) is 28.9 Å². The largest absolute Gasteiger partial charge is 0.355 e. The minimum absolute atomic E-state index is 0.268. The number of carbonyl (C=O) groups excluding carboxylic acids is 1. The molecule has 2 fully saturated rings. The van der Waals surface area contributed by atoms with E-state index in [4.69, 9.17) is 9.47 Å². The fraction of sp³-hybridized carbons (Fsp3) is 0.450. The van der Waals surface area contributed by atoms with Gasteiger partial charge in [-0.25, -0.2) is 4.39 Å². The van der Waals surface area contributed by atoms with E-state index in [9.17, 15) is 9.18 Å². The molecule has 148 valence electrons. The monoisotopic (exact) mass is 386 g/mol. The first-order valence-corrected chi connectivity index (χ1v) is 9.53. The van der Waals surface area contributed by atoms with Gasteiger partial charge in [-0.3, -0.25) is 4.79 Å². The Kier molecular flexibility index (Phi) is 5.50. The number of aromatic nitrogens is 2. The van der Waals surface area contributed by atoms with Gasteiger partial charge >= 0.3 is 0 Å². The average molecular weight is 386 g/mol. The van der Waals surface area contributed by atoms with Crippen molar-refractivity contribution >= 4 is 11.7 Å². The summed E-state index contributed by atoms with van der Waals surface area (Å²) in [7, 11) is 0. The smallest absolute Gasteiger partial charge is 0.271 e. The van der Waals surface area contributed by atoms with Gasteiger partial charge in [0, 0.05) is 32.5 Å². The zero-order valence-corrected chi connectivity index (χ0v) is 15.6. The number of halogens is 1. The van der Waals surface area contributed by atoms with Gasteiger partial charge < -0.3 is 19.7 Å². The molecule has 2 aliphatic rings. The molecule has 0 atom stereocenters. The number of rotatable bonds is 5. The molecule has 1 N–H and O–H groups in total. The molecule has 2 aliphatic heterocycles. The zero-order chi connectivity index (χ0) is 19.4. The van der Waals surface area contributed by atoms with Crippen molar-refractivity contribution in [3.63, 3.8) is 0 Å². The van der Waals surface area contributed by atoms with Crippen LogP contribution in [0.25, 0.3) is 0 Å². The maximum atomic E-state index is 12.9. The lowest BCUT2D eigenvalue weighted by atomic mass is 10.0. The molecule has 0 radical (unpaired) electrons. The van der Waals surface area contributed by atoms with E-state index in [1.54, 1.807) is 18.2 Å². The Morgan fingerprint density at radius 1 is 1.07 bits per heavy atom. The fourth-order valence-electron chi connectivity index (χ4n) is 3.54. The van der Waals surface area contributed by atoms with Crippen LogP contribution in [0.4, 0.5) is 10.2 Å². The quantitative estimate of drug-likeness (QED) is 0.846. The molecule has 4 rings (SSSR count). The Bertz CT molecular complexity index is 797. The van der Waals surface area contributed by atoms with Crippen LogP contribution in [0.15, 0.2) is 36.4 Å². The molecule has 0 aliphatic carbocycles. The second kappa shape index (κ2) is 8.20. The highest BCUT2D eigenvalue weighted by atomic mass is 19.1. The van der Waals surface area contributed by atoms with Crippen LogP contribution in [0, 0.1) is 5.82 Å². The number of anilines is 1. The molecule has 1 amide bonds. The fourth-order valence-corrected chi connectivity index (χ4v) is 3.54. The number of hydrogen-bond acceptors (Lipinski definition) is 6. The number of ether oxygens (including phenoxy) is 2. The van der Waals surface area contributed by atoms with Crippen LogP contribution in [0.3, 0.4) is 0 Å². The number of benzene rings is 1. The van der Waals surface area contributed by atoms with Crippen LogP contribution < -0.4 is 10.2 Å². The molecule has 7 nitrogen and oxygen atoms in total. The van der Waals surface area contributed by atoms with E-state index >= 15 is 0 Å². The molecule has 0 saturated carbocycles. The van der Waals surface area contributed by atoms with Crippen molar-refractivity contribution in [1.82, 2.24) is 15.5 Å². The molecule has 2 saturated heterocycles. The van der Waals surface area contributed by atoms with Crippen molar-refractivity contribution < 1.29 is 18.7 Å². The van der Waals surface area contributed by atoms with Gasteiger partial charge in [-0.1, -0.05) is 12.1 Å². The molecule has 8 heteroatoms. The number of amides is 1. The zero-order valence-electron chi connectivity index (χ0n) is 15.6. The summed E-state index contributed by atoms with van der Waals surface area (Å²) in [5.41, 5.74) is 1.24. The van der Waals surface area contributed by atoms with Crippen molar-refractivity contribution in [3.8, 4) is 0 Å². The van der Waals surface area contributed by atoms with Crippen LogP contribution >= 0.6 is 0 Å². The highest BCUT2D eigenvalue weighted by molar-refractivity contribution is 5.92. The Hall–Kier alpha value is -2.58. The maximum absolute atomic E-state index is 12.9. The summed E-state index contributed by atoms with van der Waals surface area (Å²) in [6, 6.07) is 9.74. The summed E-state index contributed by atoms with van der Waals surface area (Å²) < 4.78 is 24.4. The Balaban J connectivity index is 1.27. The van der Waals surface area contributed by atoms with E-state index in [-0.39, 0.29) is 17.4 Å². The molecular weight excluding hydrogens is 363 g/mol. The average Bonchev–Trinajstić information content (AvgIpc) is 3.18. The summed E-state index contributed by atoms with van der Waals surface area (Å²) >= 11 is 0. The van der Waals surface area contributed by atoms with Crippen LogP contribution in [-0.2, 0) is 15.9 Å². The van der Waals surface area contributed by atoms with Gasteiger partial charge in [-0.2, -0.15) is 0 Å². The molecule has 3 heterocycles. The van der Waals surface area contributed by atoms with E-state index < -0.39 is 5.79 Å². The van der Waals surface area contributed by atoms with E-state index in [1.165, 1.54) is 12.1 Å². The van der Waals surface area contributed by atoms with Crippen LogP contribution in [0.5, 0.6) is 0 Å². The molecule has 0 bridgehead atoms. The number of piperidine rings is 1. The number of nitrogens with zero attached hydrogens (tertiary/aromatic N) is 3. The Labute approximate surface area is 162 Å². The third-order valence-corrected chi connectivity index (χ3v) is 5.16. The summed E-state index contributed by atoms with van der Waals surface area (Å²) in [6.45, 7) is 3.31. The molecular formula is C20H23FN4O3. The van der Waals surface area contributed by atoms with E-state index in [1.807, 2.05) is 6.07 Å². The lowest BCUT2D eigenvalue weighted by Crippen LogP contribution is -2.45. The number of carbonyl (C=O) groups is 1. The van der Waals surface area contributed by atoms with Crippen molar-refractivity contribution in [2.24, 2.45) is 0 Å². The van der Waals surface area contributed by atoms with Crippen LogP contribution in [0.2, 0.25) is 0 Å². The summed E-state index contributed by atoms with van der Waals surface area (Å²) in [5.74, 6) is -0.216. The first kappa shape index (κ1) is 18.8. The molecule has 1 spiro atoms. The number of nitrogens with one attached hydrogen (secondary N) is 1. The lowest BCUT2D eigenvalue weighted by Gasteiger charge is -2.37. The maximum Gasteiger partial charge on any atom is 0.271 e. The third-order valence-electron chi connectivity index (χ3n) is 5.16. The lowest BCUT2D eigenvalue weighted by molar-refractivity contribution is -0.169. The second-order valence-electron chi connectivity index (χ2n) is 7.00. The van der Waals surface area contributed by atoms with Gasteiger partial charge in [0.15, 0.2) is 17.3 Å². The Morgan fingerprint density at radius 2 is 1.79 bits per heavy atom. The molecule has 2 aromatic rings. The third kappa shape index (κ3) is 4.28. The minimum atomic E-state index is -0.422. The second-order valence-corrected chi connectivity index (χ2v) is 7.00. The Morgan fingerprint density at radius 3 is 2.43 bits per heavy atom. The van der Waals surface area contributed by atoms with E-state index in [0.717, 1.165) is 37.3 Å². The molecule has 1 aromatic carbocycles. The first-order valence-electron chi connectivity index (χ1n) is 9.53. The summed E-state index contributed by atoms with van der Waals surface area (Å²) in [6.07, 6.45) is 2.21. The molecule has 1 aromatic heterocycles. The molecule has 28 heavy (non-hydrogen) atoms. The SMILES string of the molecule is O=C(NCCc1ccc(F)cc1)c1ccc(N2CCC3(CC2)OCCO3)nn1. The van der Waals surface area contributed by atoms with Gasteiger partial charge in [0.25, 0.3) is 5.91 Å². The predicted octanol–water partition coefficient (Wildman–Crippen LogP) is 1.93. The van der Waals surface area contributed by atoms with Gasteiger partial charge in [-0.05, 0) is 36.2 Å². The van der Waals surface area contributed by atoms with E-state index in [2.05, 4.69) is 20.4 Å². The van der Waals surface area contributed by atoms with Crippen LogP contribution in [-0.4, -0.2) is 54.7 Å². The first-order chi connectivity index (χ1) is 13.6. The van der Waals surface area contributed by atoms with Crippen molar-refractivity contribution in [2.45, 2.75) is 25.0 Å². The van der Waals surface area contributed by atoms with Crippen molar-refractivity contribution in [3.05, 3.63) is 53.5 Å². The van der Waals surface area contributed by atoms with Gasteiger partial charge in [0.1, 0.15) is 5.82 Å². The normalized spacial score (nSPS) is 18.4.